The molecule has 0 aliphatic rings. The molecule has 3 rings (SSSR count). The molecule has 0 aliphatic heterocycles. The summed E-state index contributed by atoms with van der Waals surface area (Å²) < 4.78 is 27.5. The smallest absolute Gasteiger partial charge is 0.279 e. The largest absolute Gasteiger partial charge is 0.400 e. The molecule has 17 nitrogen and oxygen atoms in total. The third-order valence-corrected chi connectivity index (χ3v) is 8.92. The van der Waals surface area contributed by atoms with Gasteiger partial charge in [0.15, 0.2) is 6.29 Å². The molecule has 0 amide bonds. The predicted octanol–water partition coefficient (Wildman–Crippen LogP) is 8.64. The number of nitrogens with zero attached hydrogens (tertiary/aromatic N) is 5. The van der Waals surface area contributed by atoms with E-state index in [1.807, 2.05) is 33.8 Å². The topological polar surface area (TPSA) is 253 Å². The standard InChI is InChI=1S/C18H28N3O4P.C9H11NO4.C7H5NO3.CH4O.2CH4/c1-6-18(16-10-7-8-11-17(16)21(22)23)25-26(24-13-9-12-19)20(14(2)3)15(4)5;11-6-5-9(12)7-3-1-2-4-8(7)10(13)14;9-5-6-3-1-2-4-7(6)8(10)11;1-2;;/h7-8,10-11,14-15,18H,6,9,13H2,1-5H3;1-4,9,11-12H,5-6H2;1-5H;2H,1H3;2*1H4/t18-,26?;9-;;;;/m00..../s1/i1D;;;2T;;. The quantitative estimate of drug-likeness (QED) is 0.0380. The Morgan fingerprint density at radius 2 is 1.36 bits per heavy atom. The van der Waals surface area contributed by atoms with Gasteiger partial charge in [0.1, 0.15) is 0 Å². The average Bonchev–Trinajstić information content (AvgIpc) is 3.15. The van der Waals surface area contributed by atoms with Crippen molar-refractivity contribution in [2.75, 3.05) is 20.3 Å². The van der Waals surface area contributed by atoms with Crippen LogP contribution in [0.3, 0.4) is 0 Å². The monoisotopic (exact) mass is 796 g/mol. The van der Waals surface area contributed by atoms with Crippen LogP contribution in [0, 0.1) is 41.7 Å². The van der Waals surface area contributed by atoms with Crippen LogP contribution in [0.2, 0.25) is 0 Å². The van der Waals surface area contributed by atoms with Crippen LogP contribution in [0.5, 0.6) is 0 Å². The second-order valence-corrected chi connectivity index (χ2v) is 12.4. The summed E-state index contributed by atoms with van der Waals surface area (Å²) in [5.41, 5.74) is 0.502. The van der Waals surface area contributed by atoms with Crippen molar-refractivity contribution in [2.45, 2.75) is 93.0 Å². The summed E-state index contributed by atoms with van der Waals surface area (Å²) in [6.45, 7) is 8.19. The fraction of sp³-hybridized carbons (Fsp3) is 0.459. The SMILES string of the molecule is C.C.O=Cc1ccccc1[N+](=O)[O-].O=[N+]([O-])c1ccccc1[C@@H](O)CCO.[2H]CC[C@H](OP(OCCC#N)N(C(C)C)C(C)C)c1ccccc1[N+](=O)[O-].[3H]OC. The molecule has 0 aliphatic carbocycles. The molecule has 3 aromatic rings. The molecule has 0 aromatic heterocycles. The first kappa shape index (κ1) is 50.2. The van der Waals surface area contributed by atoms with E-state index in [4.69, 9.17) is 22.2 Å². The van der Waals surface area contributed by atoms with Gasteiger partial charge >= 0.3 is 0 Å². The highest BCUT2D eigenvalue weighted by Crippen LogP contribution is 2.51. The van der Waals surface area contributed by atoms with Crippen LogP contribution in [0.4, 0.5) is 17.1 Å². The van der Waals surface area contributed by atoms with Gasteiger partial charge in [0, 0.05) is 51.8 Å². The van der Waals surface area contributed by atoms with Gasteiger partial charge in [-0.3, -0.25) is 35.1 Å². The summed E-state index contributed by atoms with van der Waals surface area (Å²) in [6.07, 6.45) is -0.488. The molecular weight excluding hydrogens is 737 g/mol. The van der Waals surface area contributed by atoms with Crippen molar-refractivity contribution < 1.29 is 45.3 Å². The second kappa shape index (κ2) is 30.5. The van der Waals surface area contributed by atoms with Gasteiger partial charge in [0.2, 0.25) is 1.43 Å². The average molecular weight is 797 g/mol. The maximum absolute atomic E-state index is 11.4. The molecule has 0 spiro atoms. The molecule has 306 valence electrons. The minimum Gasteiger partial charge on any atom is -0.400 e. The molecular formula is C37H56N5O12P. The lowest BCUT2D eigenvalue weighted by Gasteiger charge is -2.37. The summed E-state index contributed by atoms with van der Waals surface area (Å²) in [6, 6.07) is 20.5. The van der Waals surface area contributed by atoms with Crippen molar-refractivity contribution in [1.29, 1.82) is 6.69 Å². The van der Waals surface area contributed by atoms with E-state index in [0.717, 1.165) is 0 Å². The summed E-state index contributed by atoms with van der Waals surface area (Å²) >= 11 is 0. The van der Waals surface area contributed by atoms with Crippen molar-refractivity contribution in [1.82, 2.24) is 4.67 Å². The fourth-order valence-corrected chi connectivity index (χ4v) is 6.30. The van der Waals surface area contributed by atoms with E-state index in [0.29, 0.717) is 18.3 Å². The second-order valence-electron chi connectivity index (χ2n) is 11.0. The Kier molecular flexibility index (Phi) is 27.9. The van der Waals surface area contributed by atoms with Gasteiger partial charge in [-0.2, -0.15) is 5.26 Å². The Morgan fingerprint density at radius 1 is 0.909 bits per heavy atom. The Balaban J connectivity index is -0.000000811. The van der Waals surface area contributed by atoms with Crippen LogP contribution in [-0.2, 0) is 9.05 Å². The van der Waals surface area contributed by atoms with Crippen molar-refractivity contribution in [2.24, 2.45) is 0 Å². The molecule has 0 radical (unpaired) electrons. The number of aliphatic hydroxyl groups excluding tert-OH is 3. The lowest BCUT2D eigenvalue weighted by molar-refractivity contribution is -0.386. The third-order valence-electron chi connectivity index (χ3n) is 6.78. The number of carbonyl (C=O) groups excluding carboxylic acids is 1. The van der Waals surface area contributed by atoms with Gasteiger partial charge in [-0.1, -0.05) is 58.2 Å². The number of aliphatic hydroxyl groups is 3. The molecule has 18 heteroatoms. The van der Waals surface area contributed by atoms with E-state index in [9.17, 15) is 40.2 Å². The zero-order valence-corrected chi connectivity index (χ0v) is 31.1. The molecule has 0 fully saturated rings. The molecule has 55 heavy (non-hydrogen) atoms. The first-order valence-electron chi connectivity index (χ1n) is 17.3. The highest BCUT2D eigenvalue weighted by Gasteiger charge is 2.32. The minimum absolute atomic E-state index is 0. The number of carbonyl (C=O) groups is 1. The number of hydrogen-bond donors (Lipinski definition) is 3. The van der Waals surface area contributed by atoms with Crippen molar-refractivity contribution in [3.8, 4) is 6.07 Å². The summed E-state index contributed by atoms with van der Waals surface area (Å²) in [7, 11) is -0.253. The van der Waals surface area contributed by atoms with Crippen LogP contribution in [-0.4, -0.2) is 74.9 Å². The molecule has 0 heterocycles. The molecule has 0 saturated carbocycles. The maximum atomic E-state index is 11.4. The highest BCUT2D eigenvalue weighted by atomic mass is 31.2. The van der Waals surface area contributed by atoms with E-state index in [-0.39, 0.29) is 88.1 Å². The summed E-state index contributed by atoms with van der Waals surface area (Å²) in [5, 5.41) is 62.6. The first-order chi connectivity index (χ1) is 26.2. The first-order valence-corrected chi connectivity index (χ1v) is 17.3. The molecule has 1 unspecified atom stereocenters. The van der Waals surface area contributed by atoms with Crippen LogP contribution in [0.1, 0.15) is 104 Å². The van der Waals surface area contributed by atoms with Crippen LogP contribution in [0.25, 0.3) is 0 Å². The van der Waals surface area contributed by atoms with E-state index in [1.165, 1.54) is 49.6 Å². The molecule has 0 saturated heterocycles. The number of rotatable bonds is 17. The number of para-hydroxylation sites is 3. The number of benzene rings is 3. The van der Waals surface area contributed by atoms with Gasteiger partial charge in [-0.15, -0.1) is 0 Å². The number of hydrogen-bond acceptors (Lipinski definition) is 14. The summed E-state index contributed by atoms with van der Waals surface area (Å²) in [5.74, 6) is 0. The number of nitro groups is 3. The molecule has 0 bridgehead atoms. The van der Waals surface area contributed by atoms with Crippen molar-refractivity contribution in [3.63, 3.8) is 0 Å². The Morgan fingerprint density at radius 3 is 1.78 bits per heavy atom. The Bertz CT molecular complexity index is 1640. The Hall–Kier alpha value is -4.79. The summed E-state index contributed by atoms with van der Waals surface area (Å²) in [4.78, 5) is 40.9. The van der Waals surface area contributed by atoms with E-state index >= 15 is 0 Å². The van der Waals surface area contributed by atoms with Crippen molar-refractivity contribution >= 4 is 31.9 Å². The predicted molar refractivity (Wildman–Crippen MR) is 212 cm³/mol. The fourth-order valence-electron chi connectivity index (χ4n) is 4.56. The lowest BCUT2D eigenvalue weighted by Crippen LogP contribution is -2.34. The van der Waals surface area contributed by atoms with E-state index < -0.39 is 35.5 Å². The van der Waals surface area contributed by atoms with Gasteiger partial charge in [-0.05, 0) is 52.3 Å². The van der Waals surface area contributed by atoms with Crippen molar-refractivity contribution in [3.05, 3.63) is 120 Å². The third kappa shape index (κ3) is 18.9. The zero-order valence-electron chi connectivity index (χ0n) is 32.2. The lowest BCUT2D eigenvalue weighted by atomic mass is 10.1. The van der Waals surface area contributed by atoms with E-state index in [1.54, 1.807) is 30.3 Å². The van der Waals surface area contributed by atoms with Gasteiger partial charge in [-0.25, -0.2) is 4.67 Å². The number of nitriles is 1. The minimum atomic E-state index is -1.54. The van der Waals surface area contributed by atoms with E-state index in [2.05, 4.69) is 9.78 Å². The van der Waals surface area contributed by atoms with Crippen LogP contribution in [0.15, 0.2) is 72.8 Å². The highest BCUT2D eigenvalue weighted by molar-refractivity contribution is 7.44. The van der Waals surface area contributed by atoms with Gasteiger partial charge in [0.25, 0.3) is 25.6 Å². The van der Waals surface area contributed by atoms with Crippen LogP contribution >= 0.6 is 8.53 Å². The number of aldehydes is 1. The van der Waals surface area contributed by atoms with Gasteiger partial charge < -0.3 is 24.4 Å². The Labute approximate surface area is 327 Å². The van der Waals surface area contributed by atoms with Gasteiger partial charge in [0.05, 0.1) is 62.8 Å². The molecule has 3 N–H and O–H groups in total. The molecule has 3 atom stereocenters. The van der Waals surface area contributed by atoms with Crippen LogP contribution < -0.4 is 0 Å². The normalized spacial score (nSPS) is 12.1. The number of nitro benzene ring substituents is 3. The maximum Gasteiger partial charge on any atom is 0.279 e. The molecule has 3 aromatic carbocycles. The zero-order chi connectivity index (χ0) is 41.9.